The molecule has 0 radical (unpaired) electrons. The molecule has 5 atom stereocenters. The van der Waals surface area contributed by atoms with Gasteiger partial charge >= 0.3 is 27.3 Å². The van der Waals surface area contributed by atoms with Crippen LogP contribution in [-0.2, 0) is 19.6 Å². The molecule has 0 spiro atoms. The van der Waals surface area contributed by atoms with Gasteiger partial charge in [0.2, 0.25) is 0 Å². The highest BCUT2D eigenvalue weighted by molar-refractivity contribution is 7.87. The predicted molar refractivity (Wildman–Crippen MR) is 108 cm³/mol. The van der Waals surface area contributed by atoms with Gasteiger partial charge in [-0.05, 0) is 77.0 Å². The lowest BCUT2D eigenvalue weighted by atomic mass is 9.35. The Morgan fingerprint density at radius 3 is 2.09 bits per heavy atom. The van der Waals surface area contributed by atoms with E-state index in [2.05, 4.69) is 0 Å². The monoisotopic (exact) mass is 504 g/mol. The Morgan fingerprint density at radius 1 is 1.03 bits per heavy atom. The Labute approximate surface area is 190 Å². The molecule has 0 aromatic heterocycles. The van der Waals surface area contributed by atoms with Crippen molar-refractivity contribution in [2.75, 3.05) is 6.61 Å². The van der Waals surface area contributed by atoms with Crippen LogP contribution in [0.15, 0.2) is 0 Å². The Kier molecular flexibility index (Phi) is 6.06. The van der Waals surface area contributed by atoms with Crippen molar-refractivity contribution in [1.82, 2.24) is 0 Å². The summed E-state index contributed by atoms with van der Waals surface area (Å²) in [4.78, 5) is 13.1. The molecule has 4 saturated carbocycles. The van der Waals surface area contributed by atoms with Crippen molar-refractivity contribution in [3.05, 3.63) is 0 Å². The summed E-state index contributed by atoms with van der Waals surface area (Å²) >= 11 is 0. The highest BCUT2D eigenvalue weighted by Crippen LogP contribution is 2.72. The van der Waals surface area contributed by atoms with Crippen molar-refractivity contribution < 1.29 is 50.3 Å². The average molecular weight is 505 g/mol. The summed E-state index contributed by atoms with van der Waals surface area (Å²) in [6.07, 6.45) is 0.824. The van der Waals surface area contributed by atoms with E-state index in [1.54, 1.807) is 27.7 Å². The number of esters is 1. The summed E-state index contributed by atoms with van der Waals surface area (Å²) in [6.45, 7) is 5.31. The number of alkyl halides is 4. The molecule has 0 heterocycles. The van der Waals surface area contributed by atoms with Gasteiger partial charge in [-0.15, -0.1) is 0 Å². The van der Waals surface area contributed by atoms with Crippen LogP contribution in [-0.4, -0.2) is 58.1 Å². The summed E-state index contributed by atoms with van der Waals surface area (Å²) in [6, 6.07) is 0. The average Bonchev–Trinajstić information content (AvgIpc) is 2.57. The fourth-order valence-corrected chi connectivity index (χ4v) is 7.33. The third-order valence-corrected chi connectivity index (χ3v) is 9.47. The van der Waals surface area contributed by atoms with Crippen molar-refractivity contribution >= 4 is 16.1 Å². The normalized spacial score (nSPS) is 35.1. The van der Waals surface area contributed by atoms with Crippen molar-refractivity contribution in [3.8, 4) is 0 Å². The van der Waals surface area contributed by atoms with Crippen LogP contribution in [0.4, 0.5) is 17.6 Å². The first-order valence-corrected chi connectivity index (χ1v) is 12.4. The lowest BCUT2D eigenvalue weighted by Gasteiger charge is -2.70. The molecule has 192 valence electrons. The van der Waals surface area contributed by atoms with Gasteiger partial charge in [0, 0.05) is 5.41 Å². The standard InChI is InChI=1S/C21H32F4O7S/c1-16(2,27)18-8-12-7-13(10-18)14(19(9-12,11-18)17(3,4)28)15(26)32-6-5-20(22,23)21(24,25)33(29,30)31/h12-14,27-28H,5-11H2,1-4H3,(H,29,30,31). The minimum absolute atomic E-state index is 0.150. The van der Waals surface area contributed by atoms with E-state index in [4.69, 9.17) is 9.29 Å². The Hall–Kier alpha value is -0.980. The van der Waals surface area contributed by atoms with Gasteiger partial charge in [-0.3, -0.25) is 9.35 Å². The molecule has 0 saturated heterocycles. The molecule has 4 aliphatic carbocycles. The van der Waals surface area contributed by atoms with Crippen molar-refractivity contribution in [1.29, 1.82) is 0 Å². The van der Waals surface area contributed by atoms with Gasteiger partial charge in [0.05, 0.1) is 30.1 Å². The van der Waals surface area contributed by atoms with Crippen LogP contribution in [0.3, 0.4) is 0 Å². The highest BCUT2D eigenvalue weighted by atomic mass is 32.2. The molecular weight excluding hydrogens is 472 g/mol. The second-order valence-electron chi connectivity index (χ2n) is 11.3. The maximum atomic E-state index is 13.8. The van der Waals surface area contributed by atoms with Crippen LogP contribution >= 0.6 is 0 Å². The molecule has 4 rings (SSSR count). The van der Waals surface area contributed by atoms with Gasteiger partial charge in [-0.1, -0.05) is 0 Å². The summed E-state index contributed by atoms with van der Waals surface area (Å²) in [5, 5.41) is 16.3. The van der Waals surface area contributed by atoms with E-state index in [1.165, 1.54) is 0 Å². The number of carbonyl (C=O) groups excluding carboxylic acids is 1. The lowest BCUT2D eigenvalue weighted by molar-refractivity contribution is -0.266. The van der Waals surface area contributed by atoms with Gasteiger partial charge in [0.25, 0.3) is 0 Å². The number of aliphatic hydroxyl groups is 2. The van der Waals surface area contributed by atoms with Crippen LogP contribution in [0.5, 0.6) is 0 Å². The summed E-state index contributed by atoms with van der Waals surface area (Å²) in [7, 11) is -6.38. The summed E-state index contributed by atoms with van der Waals surface area (Å²) < 4.78 is 89.0. The number of carbonyl (C=O) groups is 1. The molecule has 4 fully saturated rings. The van der Waals surface area contributed by atoms with E-state index in [1.807, 2.05) is 0 Å². The van der Waals surface area contributed by atoms with E-state index in [0.717, 1.165) is 6.42 Å². The zero-order valence-electron chi connectivity index (χ0n) is 19.1. The second-order valence-corrected chi connectivity index (χ2v) is 12.8. The van der Waals surface area contributed by atoms with E-state index >= 15 is 0 Å². The topological polar surface area (TPSA) is 121 Å². The minimum Gasteiger partial charge on any atom is -0.465 e. The molecular formula is C21H32F4O7S. The zero-order chi connectivity index (χ0) is 25.5. The van der Waals surface area contributed by atoms with E-state index < -0.39 is 68.2 Å². The highest BCUT2D eigenvalue weighted by Gasteiger charge is 2.71. The molecule has 0 aliphatic heterocycles. The number of rotatable bonds is 8. The minimum atomic E-state index is -6.38. The Morgan fingerprint density at radius 2 is 1.61 bits per heavy atom. The van der Waals surface area contributed by atoms with Gasteiger partial charge < -0.3 is 14.9 Å². The molecule has 12 heteroatoms. The molecule has 4 aliphatic rings. The molecule has 4 bridgehead atoms. The van der Waals surface area contributed by atoms with Crippen LogP contribution in [0.1, 0.15) is 66.2 Å². The molecule has 0 aromatic rings. The fourth-order valence-electron chi connectivity index (χ4n) is 6.85. The van der Waals surface area contributed by atoms with Crippen LogP contribution < -0.4 is 0 Å². The van der Waals surface area contributed by atoms with Gasteiger partial charge in [-0.25, -0.2) is 0 Å². The van der Waals surface area contributed by atoms with Gasteiger partial charge in [-0.2, -0.15) is 26.0 Å². The van der Waals surface area contributed by atoms with Crippen LogP contribution in [0.25, 0.3) is 0 Å². The second kappa shape index (κ2) is 7.51. The zero-order valence-corrected chi connectivity index (χ0v) is 19.9. The Bertz CT molecular complexity index is 909. The molecule has 7 nitrogen and oxygen atoms in total. The molecule has 33 heavy (non-hydrogen) atoms. The van der Waals surface area contributed by atoms with Gasteiger partial charge in [0.15, 0.2) is 0 Å². The first kappa shape index (κ1) is 26.6. The van der Waals surface area contributed by atoms with Crippen molar-refractivity contribution in [3.63, 3.8) is 0 Å². The number of halogens is 4. The molecule has 3 N–H and O–H groups in total. The van der Waals surface area contributed by atoms with Crippen LogP contribution in [0.2, 0.25) is 0 Å². The van der Waals surface area contributed by atoms with Crippen molar-refractivity contribution in [2.24, 2.45) is 28.6 Å². The summed E-state index contributed by atoms with van der Waals surface area (Å²) in [5.74, 6) is -7.12. The molecule has 0 amide bonds. The SMILES string of the molecule is CC(C)(O)C12CC3CC(C1)C(C(=O)OCCC(F)(F)C(F)(F)S(=O)(=O)O)C(C(C)(C)O)(C3)C2. The molecule has 5 unspecified atom stereocenters. The third-order valence-electron chi connectivity index (χ3n) is 8.52. The maximum absolute atomic E-state index is 13.8. The predicted octanol–water partition coefficient (Wildman–Crippen LogP) is 3.39. The first-order valence-electron chi connectivity index (χ1n) is 10.9. The van der Waals surface area contributed by atoms with E-state index in [9.17, 15) is 41.0 Å². The number of hydrogen-bond acceptors (Lipinski definition) is 6. The van der Waals surface area contributed by atoms with Crippen LogP contribution in [0, 0.1) is 28.6 Å². The Balaban J connectivity index is 1.83. The number of hydrogen-bond donors (Lipinski definition) is 3. The fraction of sp³-hybridized carbons (Fsp3) is 0.952. The van der Waals surface area contributed by atoms with Crippen molar-refractivity contribution in [2.45, 2.75) is 88.6 Å². The lowest BCUT2D eigenvalue weighted by Crippen LogP contribution is -2.69. The van der Waals surface area contributed by atoms with Gasteiger partial charge in [0.1, 0.15) is 0 Å². The van der Waals surface area contributed by atoms with E-state index in [-0.39, 0.29) is 11.8 Å². The smallest absolute Gasteiger partial charge is 0.431 e. The van der Waals surface area contributed by atoms with E-state index in [0.29, 0.717) is 25.7 Å². The largest absolute Gasteiger partial charge is 0.465 e. The molecule has 0 aromatic carbocycles. The third kappa shape index (κ3) is 3.98. The first-order chi connectivity index (χ1) is 14.6. The quantitative estimate of drug-likeness (QED) is 0.263. The number of ether oxygens (including phenoxy) is 1. The summed E-state index contributed by atoms with van der Waals surface area (Å²) in [5.41, 5.74) is -4.01. The maximum Gasteiger partial charge on any atom is 0.431 e.